The number of hydrogen-bond acceptors (Lipinski definition) is 8. The van der Waals surface area contributed by atoms with Gasteiger partial charge in [0, 0.05) is 30.3 Å². The van der Waals surface area contributed by atoms with E-state index in [2.05, 4.69) is 4.74 Å². The zero-order chi connectivity index (χ0) is 21.8. The van der Waals surface area contributed by atoms with Crippen LogP contribution in [0.4, 0.5) is 4.79 Å². The smallest absolute Gasteiger partial charge is 0.419 e. The molecular formula is C20H23NO8. The average Bonchev–Trinajstić information content (AvgIpc) is 3.03. The van der Waals surface area contributed by atoms with Gasteiger partial charge in [0.1, 0.15) is 17.1 Å². The largest absolute Gasteiger partial charge is 0.507 e. The average molecular weight is 405 g/mol. The van der Waals surface area contributed by atoms with Crippen molar-refractivity contribution in [3.8, 4) is 5.75 Å². The molecule has 1 heterocycles. The van der Waals surface area contributed by atoms with Gasteiger partial charge in [-0.15, -0.1) is 0 Å². The molecule has 0 bridgehead atoms. The van der Waals surface area contributed by atoms with Gasteiger partial charge >= 0.3 is 12.1 Å². The molecule has 2 rings (SSSR count). The Labute approximate surface area is 167 Å². The molecule has 0 aliphatic rings. The van der Waals surface area contributed by atoms with Crippen LogP contribution >= 0.6 is 0 Å². The topological polar surface area (TPSA) is 113 Å². The summed E-state index contributed by atoms with van der Waals surface area (Å²) in [7, 11) is 2.52. The Morgan fingerprint density at radius 1 is 1.17 bits per heavy atom. The minimum Gasteiger partial charge on any atom is -0.507 e. The number of fused-ring (bicyclic) bond motifs is 1. The molecule has 0 amide bonds. The van der Waals surface area contributed by atoms with E-state index in [4.69, 9.17) is 14.2 Å². The Balaban J connectivity index is 2.59. The molecule has 2 aromatic rings. The lowest BCUT2D eigenvalue weighted by Gasteiger charge is -2.19. The van der Waals surface area contributed by atoms with Gasteiger partial charge in [0.25, 0.3) is 5.78 Å². The highest BCUT2D eigenvalue weighted by molar-refractivity contribution is 6.39. The van der Waals surface area contributed by atoms with Crippen molar-refractivity contribution < 1.29 is 38.4 Å². The van der Waals surface area contributed by atoms with Gasteiger partial charge in [-0.3, -0.25) is 9.36 Å². The molecule has 0 unspecified atom stereocenters. The summed E-state index contributed by atoms with van der Waals surface area (Å²) < 4.78 is 21.2. The van der Waals surface area contributed by atoms with Crippen molar-refractivity contribution in [3.05, 3.63) is 36.0 Å². The number of carbonyl (C=O) groups is 3. The first-order valence-electron chi connectivity index (χ1n) is 8.61. The molecule has 0 saturated heterocycles. The van der Waals surface area contributed by atoms with Gasteiger partial charge in [-0.25, -0.2) is 9.59 Å². The zero-order valence-electron chi connectivity index (χ0n) is 16.8. The lowest BCUT2D eigenvalue weighted by atomic mass is 10.1. The molecule has 156 valence electrons. The zero-order valence-corrected chi connectivity index (χ0v) is 16.8. The molecule has 1 N–H and O–H groups in total. The molecule has 0 atom stereocenters. The molecule has 29 heavy (non-hydrogen) atoms. The first-order chi connectivity index (χ1) is 13.6. The molecule has 9 nitrogen and oxygen atoms in total. The van der Waals surface area contributed by atoms with Crippen LogP contribution < -0.4 is 4.74 Å². The Hall–Kier alpha value is -3.33. The van der Waals surface area contributed by atoms with Crippen molar-refractivity contribution in [2.24, 2.45) is 0 Å². The lowest BCUT2D eigenvalue weighted by molar-refractivity contribution is -0.149. The second-order valence-corrected chi connectivity index (χ2v) is 7.01. The summed E-state index contributed by atoms with van der Waals surface area (Å²) >= 11 is 0. The van der Waals surface area contributed by atoms with E-state index in [-0.39, 0.29) is 12.4 Å². The van der Waals surface area contributed by atoms with Crippen LogP contribution in [0.3, 0.4) is 0 Å². The van der Waals surface area contributed by atoms with E-state index >= 15 is 0 Å². The fourth-order valence-electron chi connectivity index (χ4n) is 2.45. The Kier molecular flexibility index (Phi) is 6.65. The quantitative estimate of drug-likeness (QED) is 0.256. The van der Waals surface area contributed by atoms with Crippen LogP contribution in [0.5, 0.6) is 5.75 Å². The van der Waals surface area contributed by atoms with Gasteiger partial charge in [-0.05, 0) is 39.0 Å². The van der Waals surface area contributed by atoms with Crippen molar-refractivity contribution in [2.75, 3.05) is 21.0 Å². The molecule has 0 fully saturated rings. The van der Waals surface area contributed by atoms with Crippen molar-refractivity contribution in [3.63, 3.8) is 0 Å². The number of aromatic nitrogens is 1. The van der Waals surface area contributed by atoms with Crippen LogP contribution in [0, 0.1) is 0 Å². The SMILES string of the molecule is COCOc1ccc2c(c1)c(/C(O)=C/C(=O)C(=O)OC)cn2C(=O)OC(C)(C)C. The summed E-state index contributed by atoms with van der Waals surface area (Å²) in [4.78, 5) is 35.7. The standard InChI is InChI=1S/C20H23NO8/c1-20(2,3)29-19(25)21-10-14(16(22)9-17(23)18(24)27-5)13-8-12(28-11-26-4)6-7-15(13)21/h6-10,22H,11H2,1-5H3/b16-9-. The molecule has 0 spiro atoms. The molecule has 0 saturated carbocycles. The third kappa shape index (κ3) is 5.35. The molecule has 0 aliphatic heterocycles. The number of carbonyl (C=O) groups excluding carboxylic acids is 3. The Bertz CT molecular complexity index is 965. The summed E-state index contributed by atoms with van der Waals surface area (Å²) in [5, 5.41) is 10.8. The highest BCUT2D eigenvalue weighted by Gasteiger charge is 2.23. The van der Waals surface area contributed by atoms with E-state index in [0.717, 1.165) is 13.2 Å². The van der Waals surface area contributed by atoms with Gasteiger partial charge in [0.2, 0.25) is 0 Å². The third-order valence-corrected chi connectivity index (χ3v) is 3.64. The number of aliphatic hydroxyl groups excluding tert-OH is 1. The van der Waals surface area contributed by atoms with Crippen LogP contribution in [-0.4, -0.2) is 54.1 Å². The molecular weight excluding hydrogens is 382 g/mol. The fraction of sp³-hybridized carbons (Fsp3) is 0.350. The van der Waals surface area contributed by atoms with Crippen LogP contribution in [0.2, 0.25) is 0 Å². The molecule has 1 aromatic heterocycles. The maximum absolute atomic E-state index is 12.6. The molecule has 1 aromatic carbocycles. The van der Waals surface area contributed by atoms with Crippen LogP contribution in [0.15, 0.2) is 30.5 Å². The maximum Gasteiger partial charge on any atom is 0.419 e. The summed E-state index contributed by atoms with van der Waals surface area (Å²) in [6.45, 7) is 5.16. The number of benzene rings is 1. The molecule has 9 heteroatoms. The normalized spacial score (nSPS) is 12.0. The van der Waals surface area contributed by atoms with E-state index < -0.39 is 29.2 Å². The summed E-state index contributed by atoms with van der Waals surface area (Å²) in [6, 6.07) is 4.78. The first kappa shape index (κ1) is 22.0. The predicted molar refractivity (Wildman–Crippen MR) is 104 cm³/mol. The van der Waals surface area contributed by atoms with E-state index in [1.807, 2.05) is 0 Å². The number of ketones is 1. The Morgan fingerprint density at radius 3 is 2.45 bits per heavy atom. The van der Waals surface area contributed by atoms with Crippen molar-refractivity contribution in [2.45, 2.75) is 26.4 Å². The van der Waals surface area contributed by atoms with E-state index in [0.29, 0.717) is 16.7 Å². The number of esters is 1. The van der Waals surface area contributed by atoms with Gasteiger partial charge in [-0.1, -0.05) is 0 Å². The second-order valence-electron chi connectivity index (χ2n) is 7.01. The number of hydrogen-bond donors (Lipinski definition) is 1. The summed E-state index contributed by atoms with van der Waals surface area (Å²) in [5.74, 6) is -2.28. The van der Waals surface area contributed by atoms with Gasteiger partial charge in [-0.2, -0.15) is 0 Å². The van der Waals surface area contributed by atoms with Gasteiger partial charge in [0.05, 0.1) is 12.6 Å². The van der Waals surface area contributed by atoms with Crippen LogP contribution in [0.25, 0.3) is 16.7 Å². The second kappa shape index (κ2) is 8.78. The minimum absolute atomic E-state index is 0.00371. The maximum atomic E-state index is 12.6. The van der Waals surface area contributed by atoms with Crippen LogP contribution in [-0.2, 0) is 23.8 Å². The van der Waals surface area contributed by atoms with E-state index in [1.54, 1.807) is 39.0 Å². The van der Waals surface area contributed by atoms with Gasteiger partial charge in [0.15, 0.2) is 6.79 Å². The molecule has 0 aliphatic carbocycles. The number of nitrogens with zero attached hydrogens (tertiary/aromatic N) is 1. The van der Waals surface area contributed by atoms with Crippen molar-refractivity contribution in [1.82, 2.24) is 4.57 Å². The lowest BCUT2D eigenvalue weighted by Crippen LogP contribution is -2.26. The summed E-state index contributed by atoms with van der Waals surface area (Å²) in [6.07, 6.45) is 1.37. The van der Waals surface area contributed by atoms with Crippen molar-refractivity contribution in [1.29, 1.82) is 0 Å². The number of ether oxygens (including phenoxy) is 4. The highest BCUT2D eigenvalue weighted by atomic mass is 16.7. The first-order valence-corrected chi connectivity index (χ1v) is 8.61. The van der Waals surface area contributed by atoms with Gasteiger partial charge < -0.3 is 24.1 Å². The highest BCUT2D eigenvalue weighted by Crippen LogP contribution is 2.30. The molecule has 0 radical (unpaired) electrons. The van der Waals surface area contributed by atoms with Crippen LogP contribution in [0.1, 0.15) is 26.3 Å². The monoisotopic (exact) mass is 405 g/mol. The number of aliphatic hydroxyl groups is 1. The Morgan fingerprint density at radius 2 is 1.86 bits per heavy atom. The van der Waals surface area contributed by atoms with E-state index in [9.17, 15) is 19.5 Å². The summed E-state index contributed by atoms with van der Waals surface area (Å²) in [5.41, 5.74) is -0.205. The predicted octanol–water partition coefficient (Wildman–Crippen LogP) is 3.05. The minimum atomic E-state index is -1.13. The van der Waals surface area contributed by atoms with E-state index in [1.165, 1.54) is 17.9 Å². The number of rotatable bonds is 6. The van der Waals surface area contributed by atoms with Crippen molar-refractivity contribution >= 4 is 34.5 Å². The fourth-order valence-corrected chi connectivity index (χ4v) is 2.45. The third-order valence-electron chi connectivity index (χ3n) is 3.64. The number of methoxy groups -OCH3 is 2.